The molecule has 0 radical (unpaired) electrons. The second-order valence-corrected chi connectivity index (χ2v) is 3.58. The highest BCUT2D eigenvalue weighted by Crippen LogP contribution is 2.09. The number of aromatic nitrogens is 2. The summed E-state index contributed by atoms with van der Waals surface area (Å²) in [5.74, 6) is 0.386. The summed E-state index contributed by atoms with van der Waals surface area (Å²) in [4.78, 5) is 11.4. The molecule has 1 aromatic carbocycles. The maximum atomic E-state index is 11.4. The number of nitrogen functional groups attached to an aromatic ring is 1. The van der Waals surface area contributed by atoms with Crippen LogP contribution in [-0.4, -0.2) is 16.8 Å². The second kappa shape index (κ2) is 4.14. The SMILES string of the molecule is CNc1ccc(Cn2[nH]c(N)cc2=O)cc1. The summed E-state index contributed by atoms with van der Waals surface area (Å²) in [6.07, 6.45) is 0. The van der Waals surface area contributed by atoms with E-state index in [9.17, 15) is 4.79 Å². The van der Waals surface area contributed by atoms with Gasteiger partial charge in [0.05, 0.1) is 6.54 Å². The molecule has 0 saturated carbocycles. The fourth-order valence-electron chi connectivity index (χ4n) is 1.53. The molecule has 0 aliphatic rings. The number of benzene rings is 1. The van der Waals surface area contributed by atoms with E-state index in [1.54, 1.807) is 0 Å². The molecule has 0 fully saturated rings. The number of nitrogens with two attached hydrogens (primary N) is 1. The molecule has 2 rings (SSSR count). The van der Waals surface area contributed by atoms with E-state index in [1.807, 2.05) is 31.3 Å². The van der Waals surface area contributed by atoms with Crippen molar-refractivity contribution in [2.75, 3.05) is 18.1 Å². The molecule has 1 heterocycles. The van der Waals surface area contributed by atoms with Gasteiger partial charge in [0.1, 0.15) is 5.82 Å². The van der Waals surface area contributed by atoms with Crippen LogP contribution in [0.25, 0.3) is 0 Å². The average molecular weight is 218 g/mol. The molecular weight excluding hydrogens is 204 g/mol. The molecule has 0 aliphatic carbocycles. The van der Waals surface area contributed by atoms with Crippen LogP contribution in [0.2, 0.25) is 0 Å². The van der Waals surface area contributed by atoms with Gasteiger partial charge in [-0.15, -0.1) is 0 Å². The van der Waals surface area contributed by atoms with Crippen molar-refractivity contribution in [3.05, 3.63) is 46.2 Å². The summed E-state index contributed by atoms with van der Waals surface area (Å²) in [6.45, 7) is 0.500. The highest BCUT2D eigenvalue weighted by molar-refractivity contribution is 5.43. The summed E-state index contributed by atoms with van der Waals surface area (Å²) < 4.78 is 1.48. The minimum absolute atomic E-state index is 0.116. The van der Waals surface area contributed by atoms with Crippen LogP contribution in [0.3, 0.4) is 0 Å². The second-order valence-electron chi connectivity index (χ2n) is 3.58. The molecular formula is C11H14N4O. The summed E-state index contributed by atoms with van der Waals surface area (Å²) in [6, 6.07) is 9.24. The van der Waals surface area contributed by atoms with E-state index in [0.29, 0.717) is 12.4 Å². The maximum Gasteiger partial charge on any atom is 0.268 e. The van der Waals surface area contributed by atoms with E-state index in [2.05, 4.69) is 10.4 Å². The van der Waals surface area contributed by atoms with E-state index >= 15 is 0 Å². The van der Waals surface area contributed by atoms with Crippen LogP contribution in [0.1, 0.15) is 5.56 Å². The Morgan fingerprint density at radius 3 is 2.56 bits per heavy atom. The highest BCUT2D eigenvalue weighted by Gasteiger charge is 2.01. The van der Waals surface area contributed by atoms with Crippen LogP contribution in [0.5, 0.6) is 0 Å². The first-order valence-corrected chi connectivity index (χ1v) is 5.01. The van der Waals surface area contributed by atoms with Crippen LogP contribution < -0.4 is 16.6 Å². The van der Waals surface area contributed by atoms with Gasteiger partial charge in [0, 0.05) is 18.8 Å². The molecule has 0 unspecified atom stereocenters. The van der Waals surface area contributed by atoms with Gasteiger partial charge in [-0.3, -0.25) is 9.89 Å². The van der Waals surface area contributed by atoms with E-state index in [4.69, 9.17) is 5.73 Å². The third kappa shape index (κ3) is 2.08. The van der Waals surface area contributed by atoms with Gasteiger partial charge >= 0.3 is 0 Å². The van der Waals surface area contributed by atoms with Crippen molar-refractivity contribution in [2.24, 2.45) is 0 Å². The van der Waals surface area contributed by atoms with Gasteiger partial charge in [-0.05, 0) is 17.7 Å². The average Bonchev–Trinajstić information content (AvgIpc) is 2.59. The number of nitrogens with one attached hydrogen (secondary N) is 2. The van der Waals surface area contributed by atoms with Crippen molar-refractivity contribution >= 4 is 11.5 Å². The zero-order valence-electron chi connectivity index (χ0n) is 9.03. The van der Waals surface area contributed by atoms with Crippen molar-refractivity contribution < 1.29 is 0 Å². The van der Waals surface area contributed by atoms with Crippen molar-refractivity contribution in [3.8, 4) is 0 Å². The van der Waals surface area contributed by atoms with Crippen molar-refractivity contribution in [1.82, 2.24) is 9.78 Å². The first-order chi connectivity index (χ1) is 7.69. The molecule has 0 aliphatic heterocycles. The van der Waals surface area contributed by atoms with Gasteiger partial charge in [0.15, 0.2) is 0 Å². The van der Waals surface area contributed by atoms with Gasteiger partial charge in [0.2, 0.25) is 0 Å². The lowest BCUT2D eigenvalue weighted by atomic mass is 10.2. The first kappa shape index (κ1) is 10.4. The quantitative estimate of drug-likeness (QED) is 0.714. The van der Waals surface area contributed by atoms with E-state index in [0.717, 1.165) is 11.3 Å². The van der Waals surface area contributed by atoms with Crippen LogP contribution in [0.15, 0.2) is 35.1 Å². The molecule has 2 aromatic rings. The number of hydrogen-bond donors (Lipinski definition) is 3. The number of aromatic amines is 1. The van der Waals surface area contributed by atoms with Gasteiger partial charge in [-0.1, -0.05) is 12.1 Å². The van der Waals surface area contributed by atoms with Gasteiger partial charge < -0.3 is 11.1 Å². The number of nitrogens with zero attached hydrogens (tertiary/aromatic N) is 1. The number of hydrogen-bond acceptors (Lipinski definition) is 3. The standard InChI is InChI=1S/C11H14N4O/c1-13-9-4-2-8(3-5-9)7-15-11(16)6-10(12)14-15/h2-6,13-14H,7,12H2,1H3. The molecule has 0 spiro atoms. The fraction of sp³-hybridized carbons (Fsp3) is 0.182. The fourth-order valence-corrected chi connectivity index (χ4v) is 1.53. The van der Waals surface area contributed by atoms with Gasteiger partial charge in [-0.2, -0.15) is 0 Å². The van der Waals surface area contributed by atoms with E-state index in [-0.39, 0.29) is 5.56 Å². The Labute approximate surface area is 92.9 Å². The van der Waals surface area contributed by atoms with Crippen LogP contribution >= 0.6 is 0 Å². The summed E-state index contributed by atoms with van der Waals surface area (Å²) in [5.41, 5.74) is 7.46. The topological polar surface area (TPSA) is 75.8 Å². The lowest BCUT2D eigenvalue weighted by molar-refractivity contribution is 0.667. The predicted octanol–water partition coefficient (Wildman–Crippen LogP) is 0.849. The largest absolute Gasteiger partial charge is 0.388 e. The Kier molecular flexibility index (Phi) is 2.68. The number of anilines is 2. The highest BCUT2D eigenvalue weighted by atomic mass is 16.1. The minimum atomic E-state index is -0.116. The molecule has 1 aromatic heterocycles. The number of H-pyrrole nitrogens is 1. The van der Waals surface area contributed by atoms with Crippen LogP contribution in [0, 0.1) is 0 Å². The molecule has 5 nitrogen and oxygen atoms in total. The summed E-state index contributed by atoms with van der Waals surface area (Å²) >= 11 is 0. The van der Waals surface area contributed by atoms with Gasteiger partial charge in [-0.25, -0.2) is 4.68 Å². The molecule has 0 saturated heterocycles. The molecule has 0 atom stereocenters. The predicted molar refractivity (Wildman–Crippen MR) is 64.6 cm³/mol. The monoisotopic (exact) mass is 218 g/mol. The van der Waals surface area contributed by atoms with Crippen LogP contribution in [-0.2, 0) is 6.54 Å². The first-order valence-electron chi connectivity index (χ1n) is 5.01. The summed E-state index contributed by atoms with van der Waals surface area (Å²) in [7, 11) is 1.87. The molecule has 4 N–H and O–H groups in total. The Bertz CT molecular complexity index is 524. The maximum absolute atomic E-state index is 11.4. The zero-order valence-corrected chi connectivity index (χ0v) is 9.03. The van der Waals surface area contributed by atoms with Gasteiger partial charge in [0.25, 0.3) is 5.56 Å². The Morgan fingerprint density at radius 1 is 1.38 bits per heavy atom. The lowest BCUT2D eigenvalue weighted by Crippen LogP contribution is -2.16. The molecule has 5 heteroatoms. The van der Waals surface area contributed by atoms with E-state index < -0.39 is 0 Å². The normalized spacial score (nSPS) is 10.3. The molecule has 0 bridgehead atoms. The van der Waals surface area contributed by atoms with E-state index in [1.165, 1.54) is 10.7 Å². The molecule has 16 heavy (non-hydrogen) atoms. The Hall–Kier alpha value is -2.17. The third-order valence-electron chi connectivity index (χ3n) is 2.39. The minimum Gasteiger partial charge on any atom is -0.388 e. The Morgan fingerprint density at radius 2 is 2.06 bits per heavy atom. The molecule has 0 amide bonds. The van der Waals surface area contributed by atoms with Crippen molar-refractivity contribution in [3.63, 3.8) is 0 Å². The molecule has 84 valence electrons. The number of rotatable bonds is 3. The lowest BCUT2D eigenvalue weighted by Gasteiger charge is -2.04. The smallest absolute Gasteiger partial charge is 0.268 e. The summed E-state index contributed by atoms with van der Waals surface area (Å²) in [5, 5.41) is 5.82. The van der Waals surface area contributed by atoms with Crippen molar-refractivity contribution in [1.29, 1.82) is 0 Å². The zero-order chi connectivity index (χ0) is 11.5. The van der Waals surface area contributed by atoms with Crippen molar-refractivity contribution in [2.45, 2.75) is 6.54 Å². The Balaban J connectivity index is 2.20. The third-order valence-corrected chi connectivity index (χ3v) is 2.39. The van der Waals surface area contributed by atoms with Crippen LogP contribution in [0.4, 0.5) is 11.5 Å².